The van der Waals surface area contributed by atoms with Crippen molar-refractivity contribution in [2.75, 3.05) is 7.11 Å². The van der Waals surface area contributed by atoms with E-state index in [0.29, 0.717) is 36.6 Å². The Hall–Kier alpha value is -3.73. The molecule has 3 heterocycles. The van der Waals surface area contributed by atoms with Crippen LogP contribution in [-0.4, -0.2) is 31.2 Å². The number of methoxy groups -OCH3 is 1. The molecule has 0 unspecified atom stereocenters. The highest BCUT2D eigenvalue weighted by Crippen LogP contribution is 2.32. The lowest BCUT2D eigenvalue weighted by molar-refractivity contribution is 0.411. The molecule has 6 aromatic rings. The van der Waals surface area contributed by atoms with Crippen molar-refractivity contribution in [1.29, 1.82) is 0 Å². The number of H-pyrrole nitrogens is 1. The maximum atomic E-state index is 14.0. The van der Waals surface area contributed by atoms with Crippen molar-refractivity contribution in [2.45, 2.75) is 17.8 Å². The summed E-state index contributed by atoms with van der Waals surface area (Å²) in [4.78, 5) is 27.1. The zero-order valence-electron chi connectivity index (χ0n) is 20.0. The second kappa shape index (κ2) is 9.62. The minimum Gasteiger partial charge on any atom is -0.495 e. The molecular weight excluding hydrogens is 523 g/mol. The monoisotopic (exact) mass is 543 g/mol. The molecule has 3 aromatic carbocycles. The van der Waals surface area contributed by atoms with E-state index in [2.05, 4.69) is 4.98 Å². The molecule has 3 aromatic heterocycles. The van der Waals surface area contributed by atoms with Crippen molar-refractivity contribution < 1.29 is 4.74 Å². The highest BCUT2D eigenvalue weighted by atomic mass is 32.2. The minimum absolute atomic E-state index is 0.190. The fourth-order valence-corrected chi connectivity index (χ4v) is 6.45. The molecular formula is C27H21N5O2S3. The molecule has 0 saturated heterocycles. The number of nitrogens with zero attached hydrogens (tertiary/aromatic N) is 4. The molecule has 0 saturated carbocycles. The third-order valence-corrected chi connectivity index (χ3v) is 8.34. The van der Waals surface area contributed by atoms with Gasteiger partial charge in [0.2, 0.25) is 0 Å². The van der Waals surface area contributed by atoms with E-state index in [-0.39, 0.29) is 5.56 Å². The summed E-state index contributed by atoms with van der Waals surface area (Å²) >= 11 is 8.44. The quantitative estimate of drug-likeness (QED) is 0.148. The van der Waals surface area contributed by atoms with Crippen LogP contribution in [-0.2, 0) is 5.75 Å². The first-order valence-electron chi connectivity index (χ1n) is 11.5. The van der Waals surface area contributed by atoms with Crippen molar-refractivity contribution >= 4 is 56.7 Å². The van der Waals surface area contributed by atoms with Crippen LogP contribution in [0.3, 0.4) is 0 Å². The number of hydrogen-bond acceptors (Lipinski definition) is 7. The van der Waals surface area contributed by atoms with Gasteiger partial charge in [0.25, 0.3) is 5.56 Å². The molecule has 1 N–H and O–H groups in total. The molecule has 0 aliphatic rings. The van der Waals surface area contributed by atoms with E-state index in [9.17, 15) is 4.79 Å². The van der Waals surface area contributed by atoms with E-state index in [4.69, 9.17) is 26.9 Å². The van der Waals surface area contributed by atoms with Gasteiger partial charge < -0.3 is 9.72 Å². The largest absolute Gasteiger partial charge is 0.495 e. The number of rotatable bonds is 6. The maximum absolute atomic E-state index is 14.0. The lowest BCUT2D eigenvalue weighted by atomic mass is 10.2. The van der Waals surface area contributed by atoms with Gasteiger partial charge in [-0.05, 0) is 55.0 Å². The van der Waals surface area contributed by atoms with Crippen molar-refractivity contribution in [3.63, 3.8) is 0 Å². The summed E-state index contributed by atoms with van der Waals surface area (Å²) in [5, 5.41) is 0.526. The summed E-state index contributed by atoms with van der Waals surface area (Å²) in [5.74, 6) is 1.88. The number of benzene rings is 3. The summed E-state index contributed by atoms with van der Waals surface area (Å²) in [6, 6.07) is 23.3. The molecule has 184 valence electrons. The Morgan fingerprint density at radius 3 is 2.49 bits per heavy atom. The van der Waals surface area contributed by atoms with Gasteiger partial charge in [-0.3, -0.25) is 13.9 Å². The van der Waals surface area contributed by atoms with Crippen molar-refractivity contribution in [2.24, 2.45) is 0 Å². The molecule has 0 atom stereocenters. The van der Waals surface area contributed by atoms with Gasteiger partial charge in [0, 0.05) is 0 Å². The van der Waals surface area contributed by atoms with E-state index in [0.717, 1.165) is 28.1 Å². The number of aromatic amines is 1. The minimum atomic E-state index is -0.190. The summed E-state index contributed by atoms with van der Waals surface area (Å²) in [6.07, 6.45) is 0. The van der Waals surface area contributed by atoms with Crippen LogP contribution in [0.2, 0.25) is 0 Å². The van der Waals surface area contributed by atoms with Crippen molar-refractivity contribution in [1.82, 2.24) is 24.1 Å². The fraction of sp³-hybridized carbons (Fsp3) is 0.111. The molecule has 10 heteroatoms. The number of para-hydroxylation sites is 5. The average molecular weight is 544 g/mol. The molecule has 0 radical (unpaired) electrons. The summed E-state index contributed by atoms with van der Waals surface area (Å²) < 4.78 is 10.2. The predicted octanol–water partition coefficient (Wildman–Crippen LogP) is 6.45. The van der Waals surface area contributed by atoms with Crippen LogP contribution in [0, 0.1) is 10.9 Å². The zero-order chi connectivity index (χ0) is 25.5. The maximum Gasteiger partial charge on any atom is 0.278 e. The number of aromatic nitrogens is 5. The van der Waals surface area contributed by atoms with Crippen LogP contribution in [0.4, 0.5) is 0 Å². The van der Waals surface area contributed by atoms with E-state index in [1.807, 2.05) is 84.3 Å². The highest BCUT2D eigenvalue weighted by molar-refractivity contribution is 7.98. The Bertz CT molecular complexity index is 1870. The van der Waals surface area contributed by atoms with Crippen LogP contribution in [0.15, 0.2) is 82.7 Å². The first-order chi connectivity index (χ1) is 18.0. The smallest absolute Gasteiger partial charge is 0.278 e. The Balaban J connectivity index is 1.57. The van der Waals surface area contributed by atoms with Gasteiger partial charge in [0.05, 0.1) is 35.3 Å². The Morgan fingerprint density at radius 1 is 0.973 bits per heavy atom. The van der Waals surface area contributed by atoms with E-state index < -0.39 is 0 Å². The molecule has 0 bridgehead atoms. The number of nitrogens with one attached hydrogen (secondary N) is 1. The van der Waals surface area contributed by atoms with Crippen LogP contribution < -0.4 is 10.3 Å². The number of hydrogen-bond donors (Lipinski definition) is 1. The first-order valence-corrected chi connectivity index (χ1v) is 13.7. The molecule has 0 fully saturated rings. The number of ether oxygens (including phenoxy) is 1. The lowest BCUT2D eigenvalue weighted by Crippen LogP contribution is -2.22. The molecule has 0 aliphatic carbocycles. The number of fused-ring (bicyclic) bond motifs is 2. The SMILES string of the molecule is COc1ccccc1-n1c(SCc2nc3ccccc3[nH]2)nc2c(sc(=S)n2-c2ccccc2C)c1=O. The van der Waals surface area contributed by atoms with Gasteiger partial charge in [-0.1, -0.05) is 65.6 Å². The second-order valence-electron chi connectivity index (χ2n) is 8.34. The molecule has 0 amide bonds. The standard InChI is InChI=1S/C27H21N5O2S3/c1-16-9-3-6-12-19(16)31-24-23(37-27(31)35)25(33)32(20-13-7-8-14-21(20)34-2)26(30-24)36-15-22-28-17-10-4-5-11-18(17)29-22/h3-14H,15H2,1-2H3,(H,28,29). The van der Waals surface area contributed by atoms with Crippen molar-refractivity contribution in [3.8, 4) is 17.1 Å². The topological polar surface area (TPSA) is 77.7 Å². The second-order valence-corrected chi connectivity index (χ2v) is 10.9. The number of imidazole rings is 1. The normalized spacial score (nSPS) is 11.4. The van der Waals surface area contributed by atoms with E-state index in [1.165, 1.54) is 23.1 Å². The zero-order valence-corrected chi connectivity index (χ0v) is 22.4. The summed E-state index contributed by atoms with van der Waals surface area (Å²) in [6.45, 7) is 2.02. The van der Waals surface area contributed by atoms with Gasteiger partial charge in [-0.25, -0.2) is 9.97 Å². The van der Waals surface area contributed by atoms with Crippen LogP contribution in [0.1, 0.15) is 11.4 Å². The Labute approximate surface area is 225 Å². The number of thioether (sulfide) groups is 1. The van der Waals surface area contributed by atoms with Crippen LogP contribution in [0.25, 0.3) is 32.8 Å². The Kier molecular flexibility index (Phi) is 6.15. The van der Waals surface area contributed by atoms with Gasteiger partial charge >= 0.3 is 0 Å². The first kappa shape index (κ1) is 23.7. The Morgan fingerprint density at radius 2 is 1.70 bits per heavy atom. The molecule has 0 spiro atoms. The fourth-order valence-electron chi connectivity index (χ4n) is 4.29. The van der Waals surface area contributed by atoms with Crippen LogP contribution >= 0.6 is 35.3 Å². The predicted molar refractivity (Wildman–Crippen MR) is 152 cm³/mol. The number of thiazole rings is 1. The lowest BCUT2D eigenvalue weighted by Gasteiger charge is -2.15. The summed E-state index contributed by atoms with van der Waals surface area (Å²) in [7, 11) is 1.59. The highest BCUT2D eigenvalue weighted by Gasteiger charge is 2.21. The van der Waals surface area contributed by atoms with Gasteiger partial charge in [0.1, 0.15) is 16.3 Å². The molecule has 7 nitrogen and oxygen atoms in total. The van der Waals surface area contributed by atoms with Gasteiger partial charge in [0.15, 0.2) is 14.8 Å². The third-order valence-electron chi connectivity index (χ3n) is 6.04. The summed E-state index contributed by atoms with van der Waals surface area (Å²) in [5.41, 5.74) is 4.81. The molecule has 37 heavy (non-hydrogen) atoms. The van der Waals surface area contributed by atoms with Gasteiger partial charge in [-0.2, -0.15) is 0 Å². The average Bonchev–Trinajstić information content (AvgIpc) is 3.48. The van der Waals surface area contributed by atoms with E-state index in [1.54, 1.807) is 11.7 Å². The number of aryl methyl sites for hydroxylation is 1. The van der Waals surface area contributed by atoms with Crippen LogP contribution in [0.5, 0.6) is 5.75 Å². The molecule has 6 rings (SSSR count). The van der Waals surface area contributed by atoms with Gasteiger partial charge in [-0.15, -0.1) is 0 Å². The van der Waals surface area contributed by atoms with Crippen molar-refractivity contribution in [3.05, 3.63) is 98.5 Å². The molecule has 0 aliphatic heterocycles. The third kappa shape index (κ3) is 4.16. The van der Waals surface area contributed by atoms with E-state index >= 15 is 0 Å².